The summed E-state index contributed by atoms with van der Waals surface area (Å²) in [6, 6.07) is 11.8. The molecule has 1 aliphatic heterocycles. The lowest BCUT2D eigenvalue weighted by Gasteiger charge is -2.22. The Bertz CT molecular complexity index is 813. The third kappa shape index (κ3) is 3.94. The number of carbonyl (C=O) groups is 2. The quantitative estimate of drug-likeness (QED) is 0.845. The molecule has 0 spiro atoms. The summed E-state index contributed by atoms with van der Waals surface area (Å²) in [6.07, 6.45) is 0.384. The number of hydrogen-bond donors (Lipinski definition) is 1. The topological polar surface area (TPSA) is 73.2 Å². The van der Waals surface area contributed by atoms with Crippen LogP contribution < -0.4 is 4.90 Å². The number of anilines is 1. The first-order valence-electron chi connectivity index (χ1n) is 8.38. The lowest BCUT2D eigenvalue weighted by atomic mass is 10.0. The molecule has 7 heteroatoms. The van der Waals surface area contributed by atoms with E-state index in [-0.39, 0.29) is 24.8 Å². The predicted molar refractivity (Wildman–Crippen MR) is 103 cm³/mol. The van der Waals surface area contributed by atoms with Crippen molar-refractivity contribution < 1.29 is 14.7 Å². The van der Waals surface area contributed by atoms with Gasteiger partial charge in [-0.3, -0.25) is 9.59 Å². The molecule has 26 heavy (non-hydrogen) atoms. The van der Waals surface area contributed by atoms with Crippen molar-refractivity contribution in [1.29, 1.82) is 0 Å². The van der Waals surface area contributed by atoms with Crippen molar-refractivity contribution in [2.45, 2.75) is 25.3 Å². The summed E-state index contributed by atoms with van der Waals surface area (Å²) in [4.78, 5) is 26.4. The average Bonchev–Trinajstić information content (AvgIpc) is 3.29. The highest BCUT2D eigenvalue weighted by atomic mass is 32.1. The Morgan fingerprint density at radius 3 is 2.54 bits per heavy atom. The van der Waals surface area contributed by atoms with E-state index in [0.717, 1.165) is 21.8 Å². The highest BCUT2D eigenvalue weighted by molar-refractivity contribution is 7.12. The first-order valence-corrected chi connectivity index (χ1v) is 9.26. The van der Waals surface area contributed by atoms with Gasteiger partial charge in [-0.1, -0.05) is 18.2 Å². The van der Waals surface area contributed by atoms with E-state index in [1.54, 1.807) is 11.3 Å². The minimum absolute atomic E-state index is 0.0527. The van der Waals surface area contributed by atoms with Crippen LogP contribution in [0.15, 0.2) is 46.9 Å². The van der Waals surface area contributed by atoms with Gasteiger partial charge in [0, 0.05) is 32.6 Å². The maximum Gasteiger partial charge on any atom is 0.303 e. The van der Waals surface area contributed by atoms with Gasteiger partial charge in [-0.25, -0.2) is 5.01 Å². The zero-order chi connectivity index (χ0) is 18.7. The van der Waals surface area contributed by atoms with E-state index in [1.165, 1.54) is 5.01 Å². The lowest BCUT2D eigenvalue weighted by Crippen LogP contribution is -2.27. The van der Waals surface area contributed by atoms with E-state index in [2.05, 4.69) is 5.10 Å². The van der Waals surface area contributed by atoms with Crippen molar-refractivity contribution in [2.75, 3.05) is 19.0 Å². The molecule has 0 fully saturated rings. The SMILES string of the molecule is CN(C)c1ccc([C@@H]2CC(c3cccs3)=NN2C(=O)CCC(=O)O)cc1. The number of carboxylic acids is 1. The Morgan fingerprint density at radius 1 is 1.23 bits per heavy atom. The van der Waals surface area contributed by atoms with Crippen LogP contribution in [0.1, 0.15) is 35.7 Å². The van der Waals surface area contributed by atoms with Crippen LogP contribution in [-0.2, 0) is 9.59 Å². The van der Waals surface area contributed by atoms with E-state index >= 15 is 0 Å². The molecule has 1 aromatic heterocycles. The molecule has 1 amide bonds. The molecule has 0 saturated carbocycles. The number of thiophene rings is 1. The summed E-state index contributed by atoms with van der Waals surface area (Å²) in [5.74, 6) is -1.24. The molecule has 1 atom stereocenters. The van der Waals surface area contributed by atoms with E-state index in [1.807, 2.05) is 60.8 Å². The van der Waals surface area contributed by atoms with Crippen LogP contribution in [0.5, 0.6) is 0 Å². The molecular weight excluding hydrogens is 350 g/mol. The molecule has 0 unspecified atom stereocenters. The van der Waals surface area contributed by atoms with Gasteiger partial charge in [0.15, 0.2) is 0 Å². The van der Waals surface area contributed by atoms with E-state index in [4.69, 9.17) is 5.11 Å². The van der Waals surface area contributed by atoms with Gasteiger partial charge in [0.25, 0.3) is 0 Å². The third-order valence-electron chi connectivity index (χ3n) is 4.32. The minimum Gasteiger partial charge on any atom is -0.481 e. The van der Waals surface area contributed by atoms with Gasteiger partial charge in [-0.15, -0.1) is 11.3 Å². The fourth-order valence-corrected chi connectivity index (χ4v) is 3.64. The first kappa shape index (κ1) is 18.1. The number of amides is 1. The highest BCUT2D eigenvalue weighted by Gasteiger charge is 2.33. The number of benzene rings is 1. The number of carbonyl (C=O) groups excluding carboxylic acids is 1. The minimum atomic E-state index is -0.980. The molecule has 0 bridgehead atoms. The molecule has 1 aromatic carbocycles. The zero-order valence-corrected chi connectivity index (χ0v) is 15.6. The Kier molecular flexibility index (Phi) is 5.37. The molecule has 2 heterocycles. The second-order valence-electron chi connectivity index (χ2n) is 6.36. The maximum atomic E-state index is 12.6. The van der Waals surface area contributed by atoms with Crippen LogP contribution in [0.2, 0.25) is 0 Å². The molecule has 6 nitrogen and oxygen atoms in total. The molecule has 0 radical (unpaired) electrons. The third-order valence-corrected chi connectivity index (χ3v) is 5.24. The average molecular weight is 371 g/mol. The summed E-state index contributed by atoms with van der Waals surface area (Å²) >= 11 is 1.59. The van der Waals surface area contributed by atoms with E-state index in [9.17, 15) is 9.59 Å². The number of hydrazone groups is 1. The summed E-state index contributed by atoms with van der Waals surface area (Å²) in [6.45, 7) is 0. The Balaban J connectivity index is 1.86. The molecule has 0 aliphatic carbocycles. The van der Waals surface area contributed by atoms with Crippen molar-refractivity contribution in [1.82, 2.24) is 5.01 Å². The maximum absolute atomic E-state index is 12.6. The normalized spacial score (nSPS) is 16.5. The number of carboxylic acid groups (broad SMARTS) is 1. The van der Waals surface area contributed by atoms with Crippen molar-refractivity contribution in [3.05, 3.63) is 52.2 Å². The van der Waals surface area contributed by atoms with Crippen LogP contribution >= 0.6 is 11.3 Å². The molecule has 136 valence electrons. The number of nitrogens with zero attached hydrogens (tertiary/aromatic N) is 3. The number of rotatable bonds is 6. The van der Waals surface area contributed by atoms with Gasteiger partial charge in [-0.2, -0.15) is 5.10 Å². The molecule has 0 saturated heterocycles. The van der Waals surface area contributed by atoms with Crippen LogP contribution in [0.4, 0.5) is 5.69 Å². The highest BCUT2D eigenvalue weighted by Crippen LogP contribution is 2.35. The van der Waals surface area contributed by atoms with Gasteiger partial charge >= 0.3 is 5.97 Å². The molecule has 3 rings (SSSR count). The standard InChI is InChI=1S/C19H21N3O3S/c1-21(2)14-7-5-13(6-8-14)16-12-15(17-4-3-11-26-17)20-22(16)18(23)9-10-19(24)25/h3-8,11,16H,9-10,12H2,1-2H3,(H,24,25)/t16-/m0/s1. The van der Waals surface area contributed by atoms with Gasteiger partial charge < -0.3 is 10.0 Å². The smallest absolute Gasteiger partial charge is 0.303 e. The second kappa shape index (κ2) is 7.70. The monoisotopic (exact) mass is 371 g/mol. The van der Waals surface area contributed by atoms with Gasteiger partial charge in [0.05, 0.1) is 23.1 Å². The van der Waals surface area contributed by atoms with E-state index in [0.29, 0.717) is 6.42 Å². The van der Waals surface area contributed by atoms with Gasteiger partial charge in [0.2, 0.25) is 5.91 Å². The van der Waals surface area contributed by atoms with Crippen LogP contribution in [-0.4, -0.2) is 41.8 Å². The molecule has 1 N–H and O–H groups in total. The van der Waals surface area contributed by atoms with Crippen molar-refractivity contribution in [3.63, 3.8) is 0 Å². The fourth-order valence-electron chi connectivity index (χ4n) is 2.91. The lowest BCUT2D eigenvalue weighted by molar-refractivity contribution is -0.141. The largest absolute Gasteiger partial charge is 0.481 e. The number of hydrogen-bond acceptors (Lipinski definition) is 5. The van der Waals surface area contributed by atoms with Crippen molar-refractivity contribution in [2.24, 2.45) is 5.10 Å². The molecular formula is C19H21N3O3S. The second-order valence-corrected chi connectivity index (χ2v) is 7.31. The summed E-state index contributed by atoms with van der Waals surface area (Å²) in [5, 5.41) is 16.8. The van der Waals surface area contributed by atoms with E-state index < -0.39 is 5.97 Å². The summed E-state index contributed by atoms with van der Waals surface area (Å²) in [7, 11) is 3.95. The van der Waals surface area contributed by atoms with Gasteiger partial charge in [0.1, 0.15) is 0 Å². The first-order chi connectivity index (χ1) is 12.5. The van der Waals surface area contributed by atoms with Crippen molar-refractivity contribution in [3.8, 4) is 0 Å². The summed E-state index contributed by atoms with van der Waals surface area (Å²) in [5.41, 5.74) is 2.94. The van der Waals surface area contributed by atoms with Crippen molar-refractivity contribution >= 4 is 34.6 Å². The number of aliphatic carboxylic acids is 1. The summed E-state index contributed by atoms with van der Waals surface area (Å²) < 4.78 is 0. The fraction of sp³-hybridized carbons (Fsp3) is 0.316. The Hall–Kier alpha value is -2.67. The van der Waals surface area contributed by atoms with Gasteiger partial charge in [-0.05, 0) is 29.1 Å². The van der Waals surface area contributed by atoms with Crippen LogP contribution in [0.25, 0.3) is 0 Å². The van der Waals surface area contributed by atoms with Crippen LogP contribution in [0, 0.1) is 0 Å². The molecule has 1 aliphatic rings. The molecule has 2 aromatic rings. The Labute approximate surface area is 156 Å². The zero-order valence-electron chi connectivity index (χ0n) is 14.8. The van der Waals surface area contributed by atoms with Crippen LogP contribution in [0.3, 0.4) is 0 Å². The Morgan fingerprint density at radius 2 is 1.96 bits per heavy atom. The predicted octanol–water partition coefficient (Wildman–Crippen LogP) is 3.36.